The van der Waals surface area contributed by atoms with Crippen molar-refractivity contribution in [3.63, 3.8) is 0 Å². The molecule has 5 heteroatoms. The SMILES string of the molecule is O=C(CCN1CC2CCC1(CO)C2)Nc1ccccc1Cl. The predicted molar refractivity (Wildman–Crippen MR) is 83.4 cm³/mol. The number of aliphatic hydroxyl groups is 1. The zero-order chi connectivity index (χ0) is 14.9. The standard InChI is InChI=1S/C16H21ClN2O2/c17-13-3-1-2-4-14(13)18-15(21)6-8-19-10-12-5-7-16(19,9-12)11-20/h1-4,12,20H,5-11H2,(H,18,21). The van der Waals surface area contributed by atoms with Crippen molar-refractivity contribution < 1.29 is 9.90 Å². The van der Waals surface area contributed by atoms with Crippen molar-refractivity contribution in [1.29, 1.82) is 0 Å². The van der Waals surface area contributed by atoms with Crippen molar-refractivity contribution in [2.45, 2.75) is 31.2 Å². The van der Waals surface area contributed by atoms with Crippen LogP contribution in [0.25, 0.3) is 0 Å². The van der Waals surface area contributed by atoms with Crippen molar-refractivity contribution in [2.24, 2.45) is 5.92 Å². The first kappa shape index (κ1) is 14.8. The van der Waals surface area contributed by atoms with Crippen LogP contribution in [0, 0.1) is 5.92 Å². The van der Waals surface area contributed by atoms with Gasteiger partial charge in [0.1, 0.15) is 0 Å². The van der Waals surface area contributed by atoms with Gasteiger partial charge in [-0.15, -0.1) is 0 Å². The summed E-state index contributed by atoms with van der Waals surface area (Å²) in [7, 11) is 0. The monoisotopic (exact) mass is 308 g/mol. The molecule has 21 heavy (non-hydrogen) atoms. The fourth-order valence-electron chi connectivity index (χ4n) is 3.75. The highest BCUT2D eigenvalue weighted by atomic mass is 35.5. The second kappa shape index (κ2) is 5.95. The van der Waals surface area contributed by atoms with Gasteiger partial charge >= 0.3 is 0 Å². The van der Waals surface area contributed by atoms with Gasteiger partial charge in [-0.2, -0.15) is 0 Å². The summed E-state index contributed by atoms with van der Waals surface area (Å²) in [5, 5.41) is 13.1. The maximum absolute atomic E-state index is 12.1. The Morgan fingerprint density at radius 2 is 2.29 bits per heavy atom. The molecule has 0 radical (unpaired) electrons. The zero-order valence-electron chi connectivity index (χ0n) is 12.0. The van der Waals surface area contributed by atoms with E-state index < -0.39 is 0 Å². The summed E-state index contributed by atoms with van der Waals surface area (Å²) >= 11 is 6.03. The number of nitrogens with zero attached hydrogens (tertiary/aromatic N) is 1. The lowest BCUT2D eigenvalue weighted by Crippen LogP contribution is -2.48. The second-order valence-corrected chi connectivity index (χ2v) is 6.62. The molecule has 1 saturated heterocycles. The van der Waals surface area contributed by atoms with Crippen LogP contribution in [0.15, 0.2) is 24.3 Å². The quantitative estimate of drug-likeness (QED) is 0.879. The summed E-state index contributed by atoms with van der Waals surface area (Å²) in [6, 6.07) is 7.25. The van der Waals surface area contributed by atoms with Gasteiger partial charge in [0.2, 0.25) is 5.91 Å². The topological polar surface area (TPSA) is 52.6 Å². The minimum Gasteiger partial charge on any atom is -0.394 e. The molecule has 1 aliphatic heterocycles. The van der Waals surface area contributed by atoms with E-state index in [9.17, 15) is 9.90 Å². The fraction of sp³-hybridized carbons (Fsp3) is 0.562. The molecule has 4 nitrogen and oxygen atoms in total. The number of carbonyl (C=O) groups excluding carboxylic acids is 1. The molecule has 0 spiro atoms. The van der Waals surface area contributed by atoms with E-state index in [4.69, 9.17) is 11.6 Å². The average molecular weight is 309 g/mol. The number of piperidine rings is 1. The average Bonchev–Trinajstić information content (AvgIpc) is 3.06. The Kier molecular flexibility index (Phi) is 4.20. The first-order valence-corrected chi connectivity index (χ1v) is 7.91. The molecule has 1 aliphatic carbocycles. The van der Waals surface area contributed by atoms with Gasteiger partial charge in [-0.05, 0) is 37.3 Å². The number of nitrogens with one attached hydrogen (secondary N) is 1. The number of likely N-dealkylation sites (tertiary alicyclic amines) is 1. The van der Waals surface area contributed by atoms with E-state index in [1.54, 1.807) is 12.1 Å². The number of anilines is 1. The van der Waals surface area contributed by atoms with E-state index in [1.807, 2.05) is 12.1 Å². The Morgan fingerprint density at radius 1 is 1.48 bits per heavy atom. The number of carbonyl (C=O) groups is 1. The van der Waals surface area contributed by atoms with Crippen LogP contribution in [0.3, 0.4) is 0 Å². The number of hydrogen-bond acceptors (Lipinski definition) is 3. The Bertz CT molecular complexity index is 537. The third kappa shape index (κ3) is 2.93. The van der Waals surface area contributed by atoms with Gasteiger partial charge in [-0.3, -0.25) is 9.69 Å². The molecular weight excluding hydrogens is 288 g/mol. The Hall–Kier alpha value is -1.10. The van der Waals surface area contributed by atoms with E-state index in [1.165, 1.54) is 6.42 Å². The highest BCUT2D eigenvalue weighted by Crippen LogP contribution is 2.45. The highest BCUT2D eigenvalue weighted by molar-refractivity contribution is 6.33. The second-order valence-electron chi connectivity index (χ2n) is 6.22. The number of fused-ring (bicyclic) bond motifs is 2. The smallest absolute Gasteiger partial charge is 0.225 e. The zero-order valence-corrected chi connectivity index (χ0v) is 12.8. The lowest BCUT2D eigenvalue weighted by molar-refractivity contribution is -0.116. The molecule has 0 aromatic heterocycles. The van der Waals surface area contributed by atoms with Crippen molar-refractivity contribution in [1.82, 2.24) is 4.90 Å². The molecule has 2 bridgehead atoms. The minimum atomic E-state index is -0.0602. The van der Waals surface area contributed by atoms with Gasteiger partial charge in [0, 0.05) is 25.0 Å². The molecule has 1 aromatic rings. The number of benzene rings is 1. The largest absolute Gasteiger partial charge is 0.394 e. The van der Waals surface area contributed by atoms with Gasteiger partial charge in [0.25, 0.3) is 0 Å². The number of rotatable bonds is 5. The number of aliphatic hydroxyl groups excluding tert-OH is 1. The molecule has 1 saturated carbocycles. The summed E-state index contributed by atoms with van der Waals surface area (Å²) in [4.78, 5) is 14.4. The third-order valence-electron chi connectivity index (χ3n) is 4.89. The van der Waals surface area contributed by atoms with E-state index in [2.05, 4.69) is 10.2 Å². The summed E-state index contributed by atoms with van der Waals surface area (Å²) in [5.74, 6) is 0.669. The molecule has 1 aromatic carbocycles. The minimum absolute atomic E-state index is 0.0287. The summed E-state index contributed by atoms with van der Waals surface area (Å²) in [6.45, 7) is 1.92. The first-order valence-electron chi connectivity index (χ1n) is 7.53. The van der Waals surface area contributed by atoms with Gasteiger partial charge in [-0.25, -0.2) is 0 Å². The van der Waals surface area contributed by atoms with Gasteiger partial charge < -0.3 is 10.4 Å². The van der Waals surface area contributed by atoms with Crippen LogP contribution >= 0.6 is 11.6 Å². The Morgan fingerprint density at radius 3 is 3.00 bits per heavy atom. The molecule has 1 heterocycles. The first-order chi connectivity index (χ1) is 10.1. The van der Waals surface area contributed by atoms with Crippen molar-refractivity contribution >= 4 is 23.2 Å². The molecular formula is C16H21ClN2O2. The number of para-hydroxylation sites is 1. The van der Waals surface area contributed by atoms with E-state index in [0.29, 0.717) is 29.6 Å². The van der Waals surface area contributed by atoms with Gasteiger partial charge in [-0.1, -0.05) is 23.7 Å². The van der Waals surface area contributed by atoms with Crippen molar-refractivity contribution in [3.8, 4) is 0 Å². The normalized spacial score (nSPS) is 28.0. The van der Waals surface area contributed by atoms with Gasteiger partial charge in [0.15, 0.2) is 0 Å². The third-order valence-corrected chi connectivity index (χ3v) is 5.22. The molecule has 2 fully saturated rings. The lowest BCUT2D eigenvalue weighted by atomic mass is 9.98. The molecule has 3 rings (SSSR count). The van der Waals surface area contributed by atoms with E-state index in [0.717, 1.165) is 19.4 Å². The predicted octanol–water partition coefficient (Wildman–Crippen LogP) is 2.52. The highest BCUT2D eigenvalue weighted by Gasteiger charge is 2.49. The summed E-state index contributed by atoms with van der Waals surface area (Å²) < 4.78 is 0. The molecule has 114 valence electrons. The van der Waals surface area contributed by atoms with Crippen LogP contribution < -0.4 is 5.32 Å². The maximum Gasteiger partial charge on any atom is 0.225 e. The van der Waals surface area contributed by atoms with Gasteiger partial charge in [0.05, 0.1) is 17.3 Å². The van der Waals surface area contributed by atoms with Crippen LogP contribution in [-0.2, 0) is 4.79 Å². The molecule has 2 aliphatic rings. The maximum atomic E-state index is 12.1. The number of amides is 1. The molecule has 2 unspecified atom stereocenters. The van der Waals surface area contributed by atoms with Crippen LogP contribution in [0.2, 0.25) is 5.02 Å². The van der Waals surface area contributed by atoms with Crippen LogP contribution in [0.1, 0.15) is 25.7 Å². The molecule has 2 atom stereocenters. The van der Waals surface area contributed by atoms with E-state index in [-0.39, 0.29) is 18.1 Å². The Labute approximate surface area is 130 Å². The molecule has 1 amide bonds. The van der Waals surface area contributed by atoms with Crippen LogP contribution in [0.5, 0.6) is 0 Å². The number of halogens is 1. The lowest BCUT2D eigenvalue weighted by Gasteiger charge is -2.37. The summed E-state index contributed by atoms with van der Waals surface area (Å²) in [5.41, 5.74) is 0.596. The van der Waals surface area contributed by atoms with Crippen LogP contribution in [-0.4, -0.2) is 41.1 Å². The van der Waals surface area contributed by atoms with Crippen molar-refractivity contribution in [3.05, 3.63) is 29.3 Å². The van der Waals surface area contributed by atoms with Crippen molar-refractivity contribution in [2.75, 3.05) is 25.0 Å². The summed E-state index contributed by atoms with van der Waals surface area (Å²) in [6.07, 6.45) is 3.78. The van der Waals surface area contributed by atoms with E-state index >= 15 is 0 Å². The fourth-order valence-corrected chi connectivity index (χ4v) is 3.93. The molecule has 2 N–H and O–H groups in total. The number of hydrogen-bond donors (Lipinski definition) is 2. The Balaban J connectivity index is 1.54. The van der Waals surface area contributed by atoms with Crippen LogP contribution in [0.4, 0.5) is 5.69 Å².